The summed E-state index contributed by atoms with van der Waals surface area (Å²) in [7, 11) is -3.90. The first-order valence-electron chi connectivity index (χ1n) is 8.61. The highest BCUT2D eigenvalue weighted by Crippen LogP contribution is 2.19. The summed E-state index contributed by atoms with van der Waals surface area (Å²) in [4.78, 5) is 26.3. The first-order valence-corrected chi connectivity index (χ1v) is 10.2. The maximum absolute atomic E-state index is 12.7. The first kappa shape index (κ1) is 19.1. The molecular weight excluding hydrogens is 366 g/mol. The van der Waals surface area contributed by atoms with E-state index in [1.807, 2.05) is 30.3 Å². The van der Waals surface area contributed by atoms with Crippen molar-refractivity contribution in [3.8, 4) is 0 Å². The second-order valence-electron chi connectivity index (χ2n) is 6.45. The quantitative estimate of drug-likeness (QED) is 0.781. The number of amides is 2. The maximum atomic E-state index is 12.7. The molecule has 0 aliphatic carbocycles. The molecule has 1 atom stereocenters. The summed E-state index contributed by atoms with van der Waals surface area (Å²) in [5.74, 6) is -0.359. The molecule has 1 unspecified atom stereocenters. The highest BCUT2D eigenvalue weighted by atomic mass is 32.2. The Balaban J connectivity index is 1.83. The molecule has 1 fully saturated rings. The van der Waals surface area contributed by atoms with Gasteiger partial charge >= 0.3 is 0 Å². The SMILES string of the molecule is NS(=O)(=O)c1cccc(C(=O)NC(CN2CCCC2=O)c2ccccc2)c1. The van der Waals surface area contributed by atoms with Crippen molar-refractivity contribution in [2.75, 3.05) is 13.1 Å². The van der Waals surface area contributed by atoms with Gasteiger partial charge < -0.3 is 10.2 Å². The van der Waals surface area contributed by atoms with Gasteiger partial charge in [0.2, 0.25) is 15.9 Å². The molecule has 0 radical (unpaired) electrons. The topological polar surface area (TPSA) is 110 Å². The molecular formula is C19H21N3O4S. The maximum Gasteiger partial charge on any atom is 0.251 e. The molecule has 1 heterocycles. The van der Waals surface area contributed by atoms with Crippen molar-refractivity contribution < 1.29 is 18.0 Å². The van der Waals surface area contributed by atoms with Gasteiger partial charge in [0, 0.05) is 25.1 Å². The van der Waals surface area contributed by atoms with Crippen LogP contribution in [0.15, 0.2) is 59.5 Å². The van der Waals surface area contributed by atoms with Crippen LogP contribution in [0.5, 0.6) is 0 Å². The van der Waals surface area contributed by atoms with Crippen molar-refractivity contribution in [3.63, 3.8) is 0 Å². The average Bonchev–Trinajstić information content (AvgIpc) is 3.06. The van der Waals surface area contributed by atoms with E-state index in [4.69, 9.17) is 5.14 Å². The average molecular weight is 387 g/mol. The molecule has 142 valence electrons. The fraction of sp³-hybridized carbons (Fsp3) is 0.263. The summed E-state index contributed by atoms with van der Waals surface area (Å²) < 4.78 is 23.0. The summed E-state index contributed by atoms with van der Waals surface area (Å²) in [5.41, 5.74) is 1.06. The highest BCUT2D eigenvalue weighted by Gasteiger charge is 2.25. The molecule has 0 spiro atoms. The van der Waals surface area contributed by atoms with Crippen LogP contribution in [0.1, 0.15) is 34.8 Å². The van der Waals surface area contributed by atoms with E-state index in [1.165, 1.54) is 24.3 Å². The predicted octanol–water partition coefficient (Wildman–Crippen LogP) is 1.43. The minimum absolute atomic E-state index is 0.0707. The highest BCUT2D eigenvalue weighted by molar-refractivity contribution is 7.89. The molecule has 0 bridgehead atoms. The molecule has 8 heteroatoms. The Morgan fingerprint density at radius 1 is 1.15 bits per heavy atom. The predicted molar refractivity (Wildman–Crippen MR) is 100 cm³/mol. The Hall–Kier alpha value is -2.71. The third-order valence-electron chi connectivity index (χ3n) is 4.51. The Bertz CT molecular complexity index is 944. The van der Waals surface area contributed by atoms with Gasteiger partial charge in [0.05, 0.1) is 10.9 Å². The van der Waals surface area contributed by atoms with Crippen LogP contribution >= 0.6 is 0 Å². The number of carbonyl (C=O) groups is 2. The summed E-state index contributed by atoms with van der Waals surface area (Å²) in [6.45, 7) is 1.03. The molecule has 1 aliphatic heterocycles. The minimum Gasteiger partial charge on any atom is -0.343 e. The minimum atomic E-state index is -3.90. The van der Waals surface area contributed by atoms with Gasteiger partial charge in [0.15, 0.2) is 0 Å². The number of likely N-dealkylation sites (tertiary alicyclic amines) is 1. The molecule has 1 saturated heterocycles. The van der Waals surface area contributed by atoms with E-state index in [2.05, 4.69) is 5.32 Å². The van der Waals surface area contributed by atoms with Crippen LogP contribution in [0.2, 0.25) is 0 Å². The number of hydrogen-bond donors (Lipinski definition) is 2. The Kier molecular flexibility index (Phi) is 5.57. The summed E-state index contributed by atoms with van der Waals surface area (Å²) in [6.07, 6.45) is 1.33. The zero-order valence-electron chi connectivity index (χ0n) is 14.7. The van der Waals surface area contributed by atoms with Gasteiger partial charge in [-0.2, -0.15) is 0 Å². The molecule has 3 rings (SSSR count). The van der Waals surface area contributed by atoms with Gasteiger partial charge in [-0.25, -0.2) is 13.6 Å². The molecule has 3 N–H and O–H groups in total. The largest absolute Gasteiger partial charge is 0.343 e. The van der Waals surface area contributed by atoms with Gasteiger partial charge in [-0.1, -0.05) is 36.4 Å². The van der Waals surface area contributed by atoms with Crippen molar-refractivity contribution in [1.82, 2.24) is 10.2 Å². The smallest absolute Gasteiger partial charge is 0.251 e. The van der Waals surface area contributed by atoms with Crippen LogP contribution < -0.4 is 10.5 Å². The Labute approximate surface area is 158 Å². The molecule has 0 saturated carbocycles. The van der Waals surface area contributed by atoms with Gasteiger partial charge in [-0.3, -0.25) is 9.59 Å². The molecule has 2 amide bonds. The van der Waals surface area contributed by atoms with Gasteiger partial charge in [-0.15, -0.1) is 0 Å². The molecule has 1 aliphatic rings. The van der Waals surface area contributed by atoms with Crippen molar-refractivity contribution in [3.05, 3.63) is 65.7 Å². The number of primary sulfonamides is 1. The second-order valence-corrected chi connectivity index (χ2v) is 8.01. The fourth-order valence-electron chi connectivity index (χ4n) is 3.09. The lowest BCUT2D eigenvalue weighted by Crippen LogP contribution is -2.38. The zero-order chi connectivity index (χ0) is 19.4. The lowest BCUT2D eigenvalue weighted by molar-refractivity contribution is -0.128. The van der Waals surface area contributed by atoms with Crippen LogP contribution in [-0.2, 0) is 14.8 Å². The van der Waals surface area contributed by atoms with Gasteiger partial charge in [0.1, 0.15) is 0 Å². The second kappa shape index (κ2) is 7.89. The van der Waals surface area contributed by atoms with E-state index < -0.39 is 22.0 Å². The van der Waals surface area contributed by atoms with Crippen molar-refractivity contribution in [2.24, 2.45) is 5.14 Å². The van der Waals surface area contributed by atoms with E-state index in [1.54, 1.807) is 4.90 Å². The lowest BCUT2D eigenvalue weighted by atomic mass is 10.1. The number of benzene rings is 2. The third-order valence-corrected chi connectivity index (χ3v) is 5.42. The molecule has 27 heavy (non-hydrogen) atoms. The lowest BCUT2D eigenvalue weighted by Gasteiger charge is -2.25. The van der Waals surface area contributed by atoms with Crippen LogP contribution in [0.4, 0.5) is 0 Å². The summed E-state index contributed by atoms with van der Waals surface area (Å²) >= 11 is 0. The molecule has 0 aromatic heterocycles. The van der Waals surface area contributed by atoms with Crippen molar-refractivity contribution in [2.45, 2.75) is 23.8 Å². The van der Waals surface area contributed by atoms with E-state index in [0.29, 0.717) is 19.5 Å². The van der Waals surface area contributed by atoms with Crippen molar-refractivity contribution in [1.29, 1.82) is 0 Å². The van der Waals surface area contributed by atoms with Crippen LogP contribution in [0, 0.1) is 0 Å². The number of sulfonamides is 1. The van der Waals surface area contributed by atoms with Crippen LogP contribution in [-0.4, -0.2) is 38.2 Å². The van der Waals surface area contributed by atoms with E-state index in [9.17, 15) is 18.0 Å². The first-order chi connectivity index (χ1) is 12.8. The van der Waals surface area contributed by atoms with Crippen LogP contribution in [0.3, 0.4) is 0 Å². The summed E-state index contributed by atoms with van der Waals surface area (Å²) in [6, 6.07) is 14.5. The zero-order valence-corrected chi connectivity index (χ0v) is 15.5. The Morgan fingerprint density at radius 2 is 1.89 bits per heavy atom. The van der Waals surface area contributed by atoms with E-state index in [-0.39, 0.29) is 16.4 Å². The molecule has 7 nitrogen and oxygen atoms in total. The number of carbonyl (C=O) groups excluding carboxylic acids is 2. The number of rotatable bonds is 6. The molecule has 2 aromatic rings. The number of nitrogens with zero attached hydrogens (tertiary/aromatic N) is 1. The Morgan fingerprint density at radius 3 is 2.52 bits per heavy atom. The summed E-state index contributed by atoms with van der Waals surface area (Å²) in [5, 5.41) is 8.05. The number of hydrogen-bond acceptors (Lipinski definition) is 4. The monoisotopic (exact) mass is 387 g/mol. The van der Waals surface area contributed by atoms with Gasteiger partial charge in [0.25, 0.3) is 5.91 Å². The fourth-order valence-corrected chi connectivity index (χ4v) is 3.65. The molecule has 2 aromatic carbocycles. The number of nitrogens with one attached hydrogen (secondary N) is 1. The number of nitrogens with two attached hydrogens (primary N) is 1. The third kappa shape index (κ3) is 4.72. The van der Waals surface area contributed by atoms with E-state index in [0.717, 1.165) is 12.0 Å². The normalized spacial score (nSPS) is 15.6. The van der Waals surface area contributed by atoms with Crippen LogP contribution in [0.25, 0.3) is 0 Å². The van der Waals surface area contributed by atoms with Gasteiger partial charge in [-0.05, 0) is 30.2 Å². The van der Waals surface area contributed by atoms with Crippen molar-refractivity contribution >= 4 is 21.8 Å². The van der Waals surface area contributed by atoms with E-state index >= 15 is 0 Å². The standard InChI is InChI=1S/C19H21N3O4S/c20-27(25,26)16-9-4-8-15(12-16)19(24)21-17(14-6-2-1-3-7-14)13-22-11-5-10-18(22)23/h1-4,6-9,12,17H,5,10-11,13H2,(H,21,24)(H2,20,25,26).